The number of imidazole rings is 1. The van der Waals surface area contributed by atoms with Gasteiger partial charge in [-0.25, -0.2) is 4.98 Å². The number of nitrogens with zero attached hydrogens (tertiary/aromatic N) is 4. The highest BCUT2D eigenvalue weighted by atomic mass is 19.4. The summed E-state index contributed by atoms with van der Waals surface area (Å²) in [7, 11) is 1.84. The number of hydrogen-bond donors (Lipinski definition) is 2. The van der Waals surface area contributed by atoms with E-state index in [4.69, 9.17) is 4.74 Å². The number of piperazine rings is 1. The zero-order valence-corrected chi connectivity index (χ0v) is 20.9. The van der Waals surface area contributed by atoms with E-state index >= 15 is 0 Å². The zero-order chi connectivity index (χ0) is 27.3. The van der Waals surface area contributed by atoms with Crippen molar-refractivity contribution in [3.63, 3.8) is 0 Å². The van der Waals surface area contributed by atoms with Crippen LogP contribution in [-0.2, 0) is 22.8 Å². The van der Waals surface area contributed by atoms with Gasteiger partial charge in [-0.05, 0) is 24.3 Å². The van der Waals surface area contributed by atoms with E-state index < -0.39 is 17.8 Å². The van der Waals surface area contributed by atoms with Crippen LogP contribution in [0.3, 0.4) is 0 Å². The highest BCUT2D eigenvalue weighted by Gasteiger charge is 2.33. The Morgan fingerprint density at radius 3 is 2.58 bits per heavy atom. The van der Waals surface area contributed by atoms with Crippen molar-refractivity contribution in [3.8, 4) is 29.0 Å². The van der Waals surface area contributed by atoms with Gasteiger partial charge < -0.3 is 24.5 Å². The normalized spacial score (nSPS) is 14.1. The third kappa shape index (κ3) is 6.95. The summed E-state index contributed by atoms with van der Waals surface area (Å²) in [5.41, 5.74) is 0.269. The number of rotatable bonds is 6. The molecule has 2 amide bonds. The first-order valence-corrected chi connectivity index (χ1v) is 11.9. The van der Waals surface area contributed by atoms with Gasteiger partial charge in [0.05, 0.1) is 11.9 Å². The van der Waals surface area contributed by atoms with Gasteiger partial charge in [-0.1, -0.05) is 5.92 Å². The predicted molar refractivity (Wildman–Crippen MR) is 134 cm³/mol. The van der Waals surface area contributed by atoms with Gasteiger partial charge in [-0.2, -0.15) is 13.2 Å². The van der Waals surface area contributed by atoms with E-state index in [0.717, 1.165) is 19.3 Å². The van der Waals surface area contributed by atoms with Gasteiger partial charge in [0, 0.05) is 76.1 Å². The van der Waals surface area contributed by atoms with Gasteiger partial charge in [0.15, 0.2) is 0 Å². The maximum atomic E-state index is 13.0. The molecule has 1 aliphatic rings. The fourth-order valence-electron chi connectivity index (χ4n) is 3.94. The number of amides is 2. The fourth-order valence-corrected chi connectivity index (χ4v) is 3.94. The van der Waals surface area contributed by atoms with E-state index in [-0.39, 0.29) is 17.4 Å². The zero-order valence-electron chi connectivity index (χ0n) is 20.9. The Balaban J connectivity index is 1.48. The number of aromatic amines is 1. The summed E-state index contributed by atoms with van der Waals surface area (Å²) in [6, 6.07) is 6.38. The van der Waals surface area contributed by atoms with Crippen LogP contribution in [0.25, 0.3) is 11.4 Å². The summed E-state index contributed by atoms with van der Waals surface area (Å²) in [5, 5.41) is 2.68. The number of benzene rings is 1. The molecule has 2 aromatic heterocycles. The van der Waals surface area contributed by atoms with Crippen LogP contribution in [0.4, 0.5) is 18.9 Å². The Kier molecular flexibility index (Phi) is 8.07. The van der Waals surface area contributed by atoms with Gasteiger partial charge in [0.2, 0.25) is 5.91 Å². The maximum absolute atomic E-state index is 13.0. The highest BCUT2D eigenvalue weighted by Crippen LogP contribution is 2.33. The number of aryl methyl sites for hydroxylation is 1. The molecular weight excluding hydrogens is 501 g/mol. The Morgan fingerprint density at radius 2 is 1.95 bits per heavy atom. The lowest BCUT2D eigenvalue weighted by Crippen LogP contribution is -2.48. The predicted octanol–water partition coefficient (Wildman–Crippen LogP) is 2.97. The van der Waals surface area contributed by atoms with Gasteiger partial charge in [0.25, 0.3) is 0 Å². The first-order chi connectivity index (χ1) is 18.1. The van der Waals surface area contributed by atoms with Crippen LogP contribution in [0.2, 0.25) is 0 Å². The molecule has 0 aliphatic carbocycles. The average Bonchev–Trinajstić information content (AvgIpc) is 3.53. The quantitative estimate of drug-likeness (QED) is 0.480. The lowest BCUT2D eigenvalue weighted by atomic mass is 10.1. The number of alkyl halides is 3. The molecule has 1 saturated heterocycles. The summed E-state index contributed by atoms with van der Waals surface area (Å²) >= 11 is 0. The molecule has 3 heterocycles. The van der Waals surface area contributed by atoms with Crippen LogP contribution < -0.4 is 10.1 Å². The number of hydrogen-bond acceptors (Lipinski definition) is 5. The number of carbonyl (C=O) groups excluding carboxylic acids is 2. The van der Waals surface area contributed by atoms with Crippen LogP contribution in [0.1, 0.15) is 18.2 Å². The molecule has 200 valence electrons. The van der Waals surface area contributed by atoms with Crippen molar-refractivity contribution >= 4 is 17.5 Å². The largest absolute Gasteiger partial charge is 0.490 e. The van der Waals surface area contributed by atoms with Crippen molar-refractivity contribution in [3.05, 3.63) is 54.1 Å². The second kappa shape index (κ2) is 11.4. The van der Waals surface area contributed by atoms with E-state index in [1.807, 2.05) is 7.05 Å². The molecule has 12 heteroatoms. The van der Waals surface area contributed by atoms with Gasteiger partial charge >= 0.3 is 12.1 Å². The maximum Gasteiger partial charge on any atom is 0.432 e. The molecule has 9 nitrogen and oxygen atoms in total. The third-order valence-electron chi connectivity index (χ3n) is 6.02. The summed E-state index contributed by atoms with van der Waals surface area (Å²) in [6.45, 7) is 5.19. The van der Waals surface area contributed by atoms with Crippen LogP contribution in [-0.4, -0.2) is 75.5 Å². The van der Waals surface area contributed by atoms with Gasteiger partial charge in [-0.15, -0.1) is 0 Å². The number of H-pyrrole nitrogens is 1. The molecule has 38 heavy (non-hydrogen) atoms. The van der Waals surface area contributed by atoms with Crippen LogP contribution in [0.5, 0.6) is 5.75 Å². The molecule has 3 aromatic rings. The Labute approximate surface area is 217 Å². The van der Waals surface area contributed by atoms with Crippen LogP contribution in [0, 0.1) is 11.8 Å². The number of ether oxygens (including phenoxy) is 1. The smallest absolute Gasteiger partial charge is 0.432 e. The van der Waals surface area contributed by atoms with Gasteiger partial charge in [0.1, 0.15) is 23.9 Å². The Morgan fingerprint density at radius 1 is 1.18 bits per heavy atom. The number of anilines is 1. The molecule has 0 bridgehead atoms. The van der Waals surface area contributed by atoms with E-state index in [1.165, 1.54) is 6.07 Å². The molecule has 0 unspecified atom stereocenters. The highest BCUT2D eigenvalue weighted by molar-refractivity contribution is 6.05. The lowest BCUT2D eigenvalue weighted by Gasteiger charge is -2.34. The molecule has 0 saturated carbocycles. The minimum absolute atomic E-state index is 0.00177. The van der Waals surface area contributed by atoms with Gasteiger partial charge in [-0.3, -0.25) is 14.5 Å². The molecule has 1 fully saturated rings. The molecule has 1 aliphatic heterocycles. The molecule has 0 spiro atoms. The molecule has 4 rings (SSSR count). The van der Waals surface area contributed by atoms with E-state index in [2.05, 4.69) is 32.0 Å². The number of carbonyl (C=O) groups is 2. The number of nitrogens with one attached hydrogen (secondary N) is 2. The SMILES string of the molecule is CC(=O)N1CCN(CCOc2ccc(-c3ncc(C(F)(F)F)[nH]3)cc2NC(=O)C#Cc2ccn(C)c2)CC1. The Bertz CT molecular complexity index is 1360. The van der Waals surface area contributed by atoms with Crippen molar-refractivity contribution in [1.82, 2.24) is 24.3 Å². The topological polar surface area (TPSA) is 95.5 Å². The number of aromatic nitrogens is 3. The molecule has 0 radical (unpaired) electrons. The molecule has 0 atom stereocenters. The summed E-state index contributed by atoms with van der Waals surface area (Å²) < 4.78 is 46.8. The van der Waals surface area contributed by atoms with E-state index in [9.17, 15) is 22.8 Å². The van der Waals surface area contributed by atoms with Crippen LogP contribution in [0.15, 0.2) is 42.9 Å². The molecule has 1 aromatic carbocycles. The van der Waals surface area contributed by atoms with Crippen molar-refractivity contribution in [2.24, 2.45) is 7.05 Å². The summed E-state index contributed by atoms with van der Waals surface area (Å²) in [5.74, 6) is 5.06. The second-order valence-corrected chi connectivity index (χ2v) is 8.82. The lowest BCUT2D eigenvalue weighted by molar-refractivity contribution is -0.140. The Hall–Kier alpha value is -4.24. The molecular formula is C26H27F3N6O3. The standard InChI is InChI=1S/C26H27F3N6O3/c1-18(36)35-11-9-34(10-12-35)13-14-38-22-5-4-20(25-30-16-23(32-25)26(27,28)29)15-21(22)31-24(37)6-3-19-7-8-33(2)17-19/h4-5,7-8,15-17H,9-14H2,1-2H3,(H,30,32)(H,31,37). The third-order valence-corrected chi connectivity index (χ3v) is 6.02. The number of halogens is 3. The first-order valence-electron chi connectivity index (χ1n) is 11.9. The average molecular weight is 529 g/mol. The fraction of sp³-hybridized carbons (Fsp3) is 0.346. The minimum Gasteiger partial charge on any atom is -0.490 e. The first kappa shape index (κ1) is 26.8. The van der Waals surface area contributed by atoms with E-state index in [0.29, 0.717) is 43.1 Å². The van der Waals surface area contributed by atoms with Crippen molar-refractivity contribution in [1.29, 1.82) is 0 Å². The van der Waals surface area contributed by atoms with Crippen LogP contribution >= 0.6 is 0 Å². The van der Waals surface area contributed by atoms with Crippen molar-refractivity contribution < 1.29 is 27.5 Å². The minimum atomic E-state index is -4.56. The second-order valence-electron chi connectivity index (χ2n) is 8.82. The van der Waals surface area contributed by atoms with E-state index in [1.54, 1.807) is 47.0 Å². The van der Waals surface area contributed by atoms with Crippen molar-refractivity contribution in [2.75, 3.05) is 44.6 Å². The monoisotopic (exact) mass is 528 g/mol. The van der Waals surface area contributed by atoms with Crippen molar-refractivity contribution in [2.45, 2.75) is 13.1 Å². The summed E-state index contributed by atoms with van der Waals surface area (Å²) in [6.07, 6.45) is -0.278. The molecule has 2 N–H and O–H groups in total. The summed E-state index contributed by atoms with van der Waals surface area (Å²) in [4.78, 5) is 34.1.